The largest absolute Gasteiger partial charge is 0.316 e. The zero-order chi connectivity index (χ0) is 10.8. The van der Waals surface area contributed by atoms with Crippen LogP contribution in [0.2, 0.25) is 0 Å². The van der Waals surface area contributed by atoms with Crippen LogP contribution >= 0.6 is 0 Å². The van der Waals surface area contributed by atoms with E-state index >= 15 is 0 Å². The van der Waals surface area contributed by atoms with E-state index in [1.165, 1.54) is 6.92 Å². The molecule has 4 heteroatoms. The molecular weight excluding hydrogens is 190 g/mol. The number of fused-ring (bicyclic) bond motifs is 1. The monoisotopic (exact) mass is 201 g/mol. The number of carbonyl (C=O) groups excluding carboxylic acids is 1. The van der Waals surface area contributed by atoms with Gasteiger partial charge in [-0.1, -0.05) is 0 Å². The fraction of sp³-hybridized carbons (Fsp3) is 0.182. The molecule has 0 aliphatic rings. The van der Waals surface area contributed by atoms with Crippen LogP contribution in [0.3, 0.4) is 0 Å². The summed E-state index contributed by atoms with van der Waals surface area (Å²) in [7, 11) is 1.74. The summed E-state index contributed by atoms with van der Waals surface area (Å²) >= 11 is 0. The van der Waals surface area contributed by atoms with Crippen LogP contribution < -0.4 is 4.90 Å². The lowest BCUT2D eigenvalue weighted by molar-refractivity contribution is -0.116. The third-order valence-corrected chi connectivity index (χ3v) is 2.31. The summed E-state index contributed by atoms with van der Waals surface area (Å²) < 4.78 is 0. The van der Waals surface area contributed by atoms with Crippen molar-refractivity contribution in [1.29, 1.82) is 0 Å². The van der Waals surface area contributed by atoms with Gasteiger partial charge in [-0.15, -0.1) is 0 Å². The van der Waals surface area contributed by atoms with Crippen LogP contribution in [0.4, 0.5) is 5.69 Å². The molecule has 1 aromatic carbocycles. The summed E-state index contributed by atoms with van der Waals surface area (Å²) in [6.45, 7) is 1.53. The number of hydrogen-bond acceptors (Lipinski definition) is 3. The molecule has 0 aliphatic heterocycles. The van der Waals surface area contributed by atoms with Gasteiger partial charge < -0.3 is 4.90 Å². The fourth-order valence-corrected chi connectivity index (χ4v) is 1.34. The molecule has 4 nitrogen and oxygen atoms in total. The predicted octanol–water partition coefficient (Wildman–Crippen LogP) is 1.61. The molecule has 2 aromatic rings. The first-order valence-corrected chi connectivity index (χ1v) is 4.63. The molecule has 0 atom stereocenters. The van der Waals surface area contributed by atoms with Crippen LogP contribution in [-0.2, 0) is 4.79 Å². The van der Waals surface area contributed by atoms with Gasteiger partial charge in [0, 0.05) is 32.1 Å². The third-order valence-electron chi connectivity index (χ3n) is 2.31. The van der Waals surface area contributed by atoms with Gasteiger partial charge in [0.05, 0.1) is 11.0 Å². The Bertz CT molecular complexity index is 510. The molecule has 0 saturated heterocycles. The summed E-state index contributed by atoms with van der Waals surface area (Å²) in [5, 5.41) is 0. The first-order valence-electron chi connectivity index (χ1n) is 4.63. The van der Waals surface area contributed by atoms with E-state index < -0.39 is 0 Å². The molecule has 1 aromatic heterocycles. The number of anilines is 1. The van der Waals surface area contributed by atoms with Crippen LogP contribution in [-0.4, -0.2) is 22.9 Å². The fourth-order valence-electron chi connectivity index (χ4n) is 1.34. The van der Waals surface area contributed by atoms with Crippen LogP contribution in [0, 0.1) is 0 Å². The highest BCUT2D eigenvalue weighted by molar-refractivity contribution is 5.93. The average molecular weight is 201 g/mol. The highest BCUT2D eigenvalue weighted by atomic mass is 16.2. The molecule has 0 spiro atoms. The first kappa shape index (κ1) is 9.58. The summed E-state index contributed by atoms with van der Waals surface area (Å²) in [5.41, 5.74) is 2.46. The molecule has 76 valence electrons. The Labute approximate surface area is 87.6 Å². The smallest absolute Gasteiger partial charge is 0.223 e. The van der Waals surface area contributed by atoms with Crippen molar-refractivity contribution in [2.24, 2.45) is 0 Å². The molecule has 1 heterocycles. The molecule has 2 rings (SSSR count). The lowest BCUT2D eigenvalue weighted by Crippen LogP contribution is -2.22. The predicted molar refractivity (Wildman–Crippen MR) is 58.6 cm³/mol. The van der Waals surface area contributed by atoms with Gasteiger partial charge >= 0.3 is 0 Å². The minimum atomic E-state index is -0.00163. The molecule has 0 saturated carbocycles. The SMILES string of the molecule is CC(=O)N(C)c1ccc2nccnc2c1. The number of hydrogen-bond donors (Lipinski definition) is 0. The highest BCUT2D eigenvalue weighted by Crippen LogP contribution is 2.18. The Balaban J connectivity index is 2.51. The van der Waals surface area contributed by atoms with Gasteiger partial charge in [0.2, 0.25) is 5.91 Å². The molecular formula is C11H11N3O. The van der Waals surface area contributed by atoms with Crippen molar-refractivity contribution in [3.63, 3.8) is 0 Å². The van der Waals surface area contributed by atoms with Crippen LogP contribution in [0.5, 0.6) is 0 Å². The van der Waals surface area contributed by atoms with Gasteiger partial charge in [0.15, 0.2) is 0 Å². The third kappa shape index (κ3) is 1.79. The van der Waals surface area contributed by atoms with Crippen molar-refractivity contribution in [3.05, 3.63) is 30.6 Å². The maximum absolute atomic E-state index is 11.2. The highest BCUT2D eigenvalue weighted by Gasteiger charge is 2.06. The molecule has 0 radical (unpaired) electrons. The standard InChI is InChI=1S/C11H11N3O/c1-8(15)14(2)9-3-4-10-11(7-9)13-6-5-12-10/h3-7H,1-2H3. The van der Waals surface area contributed by atoms with E-state index in [9.17, 15) is 4.79 Å². The normalized spacial score (nSPS) is 10.3. The summed E-state index contributed by atoms with van der Waals surface area (Å²) in [5.74, 6) is -0.00163. The summed E-state index contributed by atoms with van der Waals surface area (Å²) in [6, 6.07) is 5.57. The van der Waals surface area contributed by atoms with Crippen molar-refractivity contribution in [2.45, 2.75) is 6.92 Å². The Morgan fingerprint density at radius 2 is 1.87 bits per heavy atom. The first-order chi connectivity index (χ1) is 7.18. The minimum Gasteiger partial charge on any atom is -0.316 e. The topological polar surface area (TPSA) is 46.1 Å². The number of carbonyl (C=O) groups is 1. The van der Waals surface area contributed by atoms with E-state index in [1.807, 2.05) is 18.2 Å². The van der Waals surface area contributed by atoms with Gasteiger partial charge in [-0.25, -0.2) is 0 Å². The zero-order valence-corrected chi connectivity index (χ0v) is 8.64. The molecule has 0 fully saturated rings. The zero-order valence-electron chi connectivity index (χ0n) is 8.64. The summed E-state index contributed by atoms with van der Waals surface area (Å²) in [6.07, 6.45) is 3.29. The van der Waals surface area contributed by atoms with E-state index in [2.05, 4.69) is 9.97 Å². The maximum Gasteiger partial charge on any atom is 0.223 e. The average Bonchev–Trinajstić information content (AvgIpc) is 2.27. The summed E-state index contributed by atoms with van der Waals surface area (Å²) in [4.78, 5) is 21.1. The van der Waals surface area contributed by atoms with Crippen LogP contribution in [0.15, 0.2) is 30.6 Å². The Kier molecular flexibility index (Phi) is 2.33. The van der Waals surface area contributed by atoms with Crippen molar-refractivity contribution in [3.8, 4) is 0 Å². The lowest BCUT2D eigenvalue weighted by atomic mass is 10.2. The van der Waals surface area contributed by atoms with Crippen molar-refractivity contribution >= 4 is 22.6 Å². The number of aromatic nitrogens is 2. The van der Waals surface area contributed by atoms with Crippen molar-refractivity contribution < 1.29 is 4.79 Å². The molecule has 0 aliphatic carbocycles. The second kappa shape index (κ2) is 3.65. The lowest BCUT2D eigenvalue weighted by Gasteiger charge is -2.14. The Morgan fingerprint density at radius 3 is 2.53 bits per heavy atom. The van der Waals surface area contributed by atoms with Gasteiger partial charge in [-0.05, 0) is 18.2 Å². The van der Waals surface area contributed by atoms with Gasteiger partial charge in [-0.3, -0.25) is 14.8 Å². The second-order valence-corrected chi connectivity index (χ2v) is 3.31. The Morgan fingerprint density at radius 1 is 1.20 bits per heavy atom. The van der Waals surface area contributed by atoms with Crippen LogP contribution in [0.1, 0.15) is 6.92 Å². The number of amides is 1. The van der Waals surface area contributed by atoms with E-state index in [-0.39, 0.29) is 5.91 Å². The number of benzene rings is 1. The number of rotatable bonds is 1. The Hall–Kier alpha value is -1.97. The molecule has 0 unspecified atom stereocenters. The molecule has 0 bridgehead atoms. The van der Waals surface area contributed by atoms with E-state index in [0.29, 0.717) is 0 Å². The quantitative estimate of drug-likeness (QED) is 0.704. The molecule has 0 N–H and O–H groups in total. The molecule has 1 amide bonds. The van der Waals surface area contributed by atoms with E-state index in [0.717, 1.165) is 16.7 Å². The van der Waals surface area contributed by atoms with Gasteiger partial charge in [0.25, 0.3) is 0 Å². The minimum absolute atomic E-state index is 0.00163. The maximum atomic E-state index is 11.2. The van der Waals surface area contributed by atoms with E-state index in [4.69, 9.17) is 0 Å². The van der Waals surface area contributed by atoms with Crippen LogP contribution in [0.25, 0.3) is 11.0 Å². The van der Waals surface area contributed by atoms with Crippen molar-refractivity contribution in [2.75, 3.05) is 11.9 Å². The second-order valence-electron chi connectivity index (χ2n) is 3.31. The number of nitrogens with zero attached hydrogens (tertiary/aromatic N) is 3. The van der Waals surface area contributed by atoms with Gasteiger partial charge in [-0.2, -0.15) is 0 Å². The van der Waals surface area contributed by atoms with E-state index in [1.54, 1.807) is 24.3 Å². The van der Waals surface area contributed by atoms with Gasteiger partial charge in [0.1, 0.15) is 0 Å². The van der Waals surface area contributed by atoms with Crippen molar-refractivity contribution in [1.82, 2.24) is 9.97 Å². The molecule has 15 heavy (non-hydrogen) atoms.